The van der Waals surface area contributed by atoms with Crippen LogP contribution in [0.1, 0.15) is 52.2 Å². The number of esters is 1. The summed E-state index contributed by atoms with van der Waals surface area (Å²) in [6.45, 7) is 10.5. The number of carbonyl (C=O) groups is 2. The smallest absolute Gasteiger partial charge is 0.408 e. The molecule has 9 nitrogen and oxygen atoms in total. The number of carbonyl (C=O) groups excluding carboxylic acids is 2. The van der Waals surface area contributed by atoms with Crippen molar-refractivity contribution in [2.24, 2.45) is 5.73 Å². The number of nitrogens with one attached hydrogen (secondary N) is 1. The van der Waals surface area contributed by atoms with E-state index in [1.54, 1.807) is 46.9 Å². The monoisotopic (exact) mass is 454 g/mol. The zero-order valence-corrected chi connectivity index (χ0v) is 19.4. The third-order valence-electron chi connectivity index (χ3n) is 3.29. The Balaban J connectivity index is 2.18. The fourth-order valence-corrected chi connectivity index (χ4v) is 3.11. The van der Waals surface area contributed by atoms with Crippen molar-refractivity contribution in [1.29, 1.82) is 0 Å². The number of amides is 1. The van der Waals surface area contributed by atoms with Crippen LogP contribution in [0.2, 0.25) is 0 Å². The molecule has 0 aliphatic heterocycles. The standard InChI is InChI=1S/C19H26N4O5S2/c1-18(2,3)27-16(24)10(23-17(25)28-19(4,5)6)7-13-21-12(9-30-13)15-22-11(8-26-15)14(20)29/h8-10H,7H2,1-6H3,(H2,20,29)(H,23,25)/t10-/m0/s1. The number of ether oxygens (including phenoxy) is 2. The quantitative estimate of drug-likeness (QED) is 0.499. The van der Waals surface area contributed by atoms with E-state index in [4.69, 9.17) is 31.8 Å². The van der Waals surface area contributed by atoms with Crippen molar-refractivity contribution in [3.05, 3.63) is 22.3 Å². The normalized spacial score (nSPS) is 12.9. The van der Waals surface area contributed by atoms with Crippen molar-refractivity contribution in [3.8, 4) is 11.6 Å². The molecular formula is C19H26N4O5S2. The molecule has 0 fully saturated rings. The molecule has 0 saturated heterocycles. The van der Waals surface area contributed by atoms with Gasteiger partial charge in [0.1, 0.15) is 39.9 Å². The van der Waals surface area contributed by atoms with Crippen molar-refractivity contribution < 1.29 is 23.5 Å². The first-order valence-electron chi connectivity index (χ1n) is 9.16. The maximum atomic E-state index is 12.6. The van der Waals surface area contributed by atoms with E-state index >= 15 is 0 Å². The minimum absolute atomic E-state index is 0.113. The van der Waals surface area contributed by atoms with Crippen LogP contribution in [0.15, 0.2) is 16.1 Å². The van der Waals surface area contributed by atoms with E-state index < -0.39 is 29.3 Å². The third-order valence-corrected chi connectivity index (χ3v) is 4.37. The number of hydrogen-bond donors (Lipinski definition) is 2. The van der Waals surface area contributed by atoms with E-state index in [0.717, 1.165) is 0 Å². The molecule has 0 saturated carbocycles. The minimum Gasteiger partial charge on any atom is -0.458 e. The van der Waals surface area contributed by atoms with Crippen LogP contribution in [-0.4, -0.2) is 44.3 Å². The number of aromatic nitrogens is 2. The summed E-state index contributed by atoms with van der Waals surface area (Å²) in [5, 5.41) is 4.87. The Morgan fingerprint density at radius 1 is 1.20 bits per heavy atom. The second kappa shape index (κ2) is 9.09. The fourth-order valence-electron chi connectivity index (χ4n) is 2.20. The van der Waals surface area contributed by atoms with Gasteiger partial charge in [0.25, 0.3) is 0 Å². The molecule has 0 spiro atoms. The Morgan fingerprint density at radius 2 is 1.83 bits per heavy atom. The van der Waals surface area contributed by atoms with Crippen LogP contribution in [0.25, 0.3) is 11.6 Å². The average Bonchev–Trinajstić information content (AvgIpc) is 3.19. The van der Waals surface area contributed by atoms with Crippen LogP contribution in [0.4, 0.5) is 4.79 Å². The lowest BCUT2D eigenvalue weighted by atomic mass is 10.1. The number of nitrogens with two attached hydrogens (primary N) is 1. The lowest BCUT2D eigenvalue weighted by molar-refractivity contribution is -0.157. The van der Waals surface area contributed by atoms with Gasteiger partial charge in [-0.25, -0.2) is 19.6 Å². The van der Waals surface area contributed by atoms with Gasteiger partial charge in [0.15, 0.2) is 0 Å². The highest BCUT2D eigenvalue weighted by Crippen LogP contribution is 2.23. The van der Waals surface area contributed by atoms with Crippen molar-refractivity contribution in [3.63, 3.8) is 0 Å². The second-order valence-corrected chi connectivity index (χ2v) is 9.85. The predicted octanol–water partition coefficient (Wildman–Crippen LogP) is 3.21. The highest BCUT2D eigenvalue weighted by molar-refractivity contribution is 7.80. The number of hydrogen-bond acceptors (Lipinski definition) is 9. The predicted molar refractivity (Wildman–Crippen MR) is 116 cm³/mol. The maximum absolute atomic E-state index is 12.6. The number of nitrogens with zero attached hydrogens (tertiary/aromatic N) is 2. The zero-order chi connectivity index (χ0) is 22.7. The molecule has 2 heterocycles. The summed E-state index contributed by atoms with van der Waals surface area (Å²) in [5.74, 6) is -0.328. The van der Waals surface area contributed by atoms with E-state index in [1.165, 1.54) is 17.6 Å². The number of thiazole rings is 1. The molecule has 30 heavy (non-hydrogen) atoms. The average molecular weight is 455 g/mol. The third kappa shape index (κ3) is 7.38. The van der Waals surface area contributed by atoms with Gasteiger partial charge in [0.2, 0.25) is 5.89 Å². The first kappa shape index (κ1) is 23.7. The van der Waals surface area contributed by atoms with Crippen molar-refractivity contribution in [2.75, 3.05) is 0 Å². The zero-order valence-electron chi connectivity index (χ0n) is 17.8. The SMILES string of the molecule is CC(C)(C)OC(=O)N[C@@H](Cc1nc(-c2nc(C(N)=S)co2)cs1)C(=O)OC(C)(C)C. The summed E-state index contributed by atoms with van der Waals surface area (Å²) in [6.07, 6.45) is 0.746. The van der Waals surface area contributed by atoms with Gasteiger partial charge in [-0.2, -0.15) is 0 Å². The molecule has 3 N–H and O–H groups in total. The molecule has 0 aliphatic rings. The van der Waals surface area contributed by atoms with Gasteiger partial charge in [0.05, 0.1) is 5.01 Å². The van der Waals surface area contributed by atoms with Crippen molar-refractivity contribution >= 4 is 40.6 Å². The van der Waals surface area contributed by atoms with Crippen molar-refractivity contribution in [2.45, 2.75) is 65.2 Å². The molecule has 1 atom stereocenters. The molecule has 164 valence electrons. The lowest BCUT2D eigenvalue weighted by Gasteiger charge is -2.25. The second-order valence-electron chi connectivity index (χ2n) is 8.47. The number of rotatable bonds is 6. The van der Waals surface area contributed by atoms with E-state index in [2.05, 4.69) is 15.3 Å². The Morgan fingerprint density at radius 3 is 2.37 bits per heavy atom. The maximum Gasteiger partial charge on any atom is 0.408 e. The molecule has 2 rings (SSSR count). The molecule has 1 amide bonds. The van der Waals surface area contributed by atoms with Crippen LogP contribution in [0.3, 0.4) is 0 Å². The van der Waals surface area contributed by atoms with Crippen LogP contribution >= 0.6 is 23.6 Å². The fraction of sp³-hybridized carbons (Fsp3) is 0.526. The molecule has 0 bridgehead atoms. The van der Waals surface area contributed by atoms with E-state index in [1.807, 2.05) is 0 Å². The lowest BCUT2D eigenvalue weighted by Crippen LogP contribution is -2.47. The highest BCUT2D eigenvalue weighted by Gasteiger charge is 2.30. The molecular weight excluding hydrogens is 428 g/mol. The summed E-state index contributed by atoms with van der Waals surface area (Å²) < 4.78 is 16.0. The highest BCUT2D eigenvalue weighted by atomic mass is 32.1. The van der Waals surface area contributed by atoms with E-state index in [0.29, 0.717) is 16.4 Å². The van der Waals surface area contributed by atoms with Crippen LogP contribution < -0.4 is 11.1 Å². The van der Waals surface area contributed by atoms with Crippen LogP contribution in [-0.2, 0) is 20.7 Å². The number of oxazole rings is 1. The summed E-state index contributed by atoms with van der Waals surface area (Å²) in [5.41, 5.74) is 4.94. The number of thiocarbonyl (C=S) groups is 1. The molecule has 0 aliphatic carbocycles. The molecule has 0 unspecified atom stereocenters. The number of alkyl carbamates (subject to hydrolysis) is 1. The van der Waals surface area contributed by atoms with E-state index in [-0.39, 0.29) is 17.3 Å². The summed E-state index contributed by atoms with van der Waals surface area (Å²) in [6, 6.07) is -0.977. The molecule has 0 aromatic carbocycles. The largest absolute Gasteiger partial charge is 0.458 e. The minimum atomic E-state index is -0.977. The van der Waals surface area contributed by atoms with Gasteiger partial charge < -0.3 is 24.9 Å². The Labute approximate surface area is 184 Å². The van der Waals surface area contributed by atoms with Gasteiger partial charge in [-0.1, -0.05) is 12.2 Å². The summed E-state index contributed by atoms with van der Waals surface area (Å²) >= 11 is 6.16. The van der Waals surface area contributed by atoms with Gasteiger partial charge >= 0.3 is 12.1 Å². The summed E-state index contributed by atoms with van der Waals surface area (Å²) in [4.78, 5) is 33.6. The van der Waals surface area contributed by atoms with Crippen LogP contribution in [0.5, 0.6) is 0 Å². The topological polar surface area (TPSA) is 130 Å². The summed E-state index contributed by atoms with van der Waals surface area (Å²) in [7, 11) is 0. The Hall–Kier alpha value is -2.53. The van der Waals surface area contributed by atoms with Gasteiger partial charge in [-0.15, -0.1) is 11.3 Å². The molecule has 11 heteroatoms. The van der Waals surface area contributed by atoms with Crippen molar-refractivity contribution in [1.82, 2.24) is 15.3 Å². The first-order valence-corrected chi connectivity index (χ1v) is 10.4. The first-order chi connectivity index (χ1) is 13.7. The van der Waals surface area contributed by atoms with Crippen LogP contribution in [0, 0.1) is 0 Å². The molecule has 0 radical (unpaired) electrons. The Kier molecular flexibility index (Phi) is 7.19. The van der Waals surface area contributed by atoms with E-state index in [9.17, 15) is 9.59 Å². The Bertz CT molecular complexity index is 924. The van der Waals surface area contributed by atoms with Gasteiger partial charge in [0, 0.05) is 11.8 Å². The molecule has 2 aromatic heterocycles. The van der Waals surface area contributed by atoms with Gasteiger partial charge in [-0.3, -0.25) is 0 Å². The molecule has 2 aromatic rings. The van der Waals surface area contributed by atoms with Gasteiger partial charge in [-0.05, 0) is 41.5 Å².